The second-order valence-electron chi connectivity index (χ2n) is 5.84. The van der Waals surface area contributed by atoms with E-state index in [9.17, 15) is 16.8 Å². The van der Waals surface area contributed by atoms with Gasteiger partial charge < -0.3 is 17.8 Å². The first-order chi connectivity index (χ1) is 15.1. The summed E-state index contributed by atoms with van der Waals surface area (Å²) in [5, 5.41) is 0. The average Bonchev–Trinajstić information content (AvgIpc) is 3.37. The van der Waals surface area contributed by atoms with Crippen molar-refractivity contribution in [2.75, 3.05) is 0 Å². The highest BCUT2D eigenvalue weighted by atomic mass is 32.3. The van der Waals surface area contributed by atoms with E-state index in [1.165, 1.54) is 12.5 Å². The number of aromatic nitrogens is 3. The van der Waals surface area contributed by atoms with Crippen LogP contribution in [0.1, 0.15) is 0 Å². The zero-order valence-electron chi connectivity index (χ0n) is 15.9. The summed E-state index contributed by atoms with van der Waals surface area (Å²) in [6.07, 6.45) is 2.19. The Bertz CT molecular complexity index is 1260. The first kappa shape index (κ1) is 23.0. The molecule has 4 aromatic rings. The lowest BCUT2D eigenvalue weighted by atomic mass is 10.2. The van der Waals surface area contributed by atoms with Crippen LogP contribution in [0.25, 0.3) is 22.5 Å². The molecule has 0 aliphatic carbocycles. The Morgan fingerprint density at radius 1 is 0.750 bits per heavy atom. The molecule has 32 heavy (non-hydrogen) atoms. The molecule has 3 N–H and O–H groups in total. The quantitative estimate of drug-likeness (QED) is 0.344. The SMILES string of the molecule is O=S(=O)(O)Oc1nc(-c2ccccc2)c[nH]1.O=S(=O)(O)Oc1nc(-c2ccccc2)co1. The van der Waals surface area contributed by atoms with E-state index in [2.05, 4.69) is 23.3 Å². The number of nitrogens with zero attached hydrogens (tertiary/aromatic N) is 2. The summed E-state index contributed by atoms with van der Waals surface area (Å²) < 4.78 is 71.4. The number of aromatic amines is 1. The van der Waals surface area contributed by atoms with Crippen LogP contribution in [0.2, 0.25) is 0 Å². The van der Waals surface area contributed by atoms with Gasteiger partial charge in [0.2, 0.25) is 0 Å². The first-order valence-electron chi connectivity index (χ1n) is 8.55. The standard InChI is InChI=1S/C9H8N2O4S.C9H7NO5S/c12-16(13,14)15-9-10-6-8(11-9)7-4-2-1-3-5-7;11-16(12,13)15-9-10-8(6-14-9)7-4-2-1-3-5-7/h1-6H,(H,10,11)(H,12,13,14);1-6H,(H,11,12,13). The van der Waals surface area contributed by atoms with Gasteiger partial charge in [-0.1, -0.05) is 60.7 Å². The monoisotopic (exact) mass is 481 g/mol. The average molecular weight is 481 g/mol. The lowest BCUT2D eigenvalue weighted by molar-refractivity contribution is 0.322. The third-order valence-corrected chi connectivity index (χ3v) is 4.26. The van der Waals surface area contributed by atoms with Crippen molar-refractivity contribution in [2.24, 2.45) is 0 Å². The Morgan fingerprint density at radius 3 is 1.81 bits per heavy atom. The number of oxazole rings is 1. The van der Waals surface area contributed by atoms with Gasteiger partial charge in [-0.3, -0.25) is 9.11 Å². The lowest BCUT2D eigenvalue weighted by Gasteiger charge is -1.95. The van der Waals surface area contributed by atoms with Crippen LogP contribution < -0.4 is 8.37 Å². The summed E-state index contributed by atoms with van der Waals surface area (Å²) in [5.41, 5.74) is 2.50. The largest absolute Gasteiger partial charge is 0.450 e. The van der Waals surface area contributed by atoms with E-state index in [1.807, 2.05) is 36.4 Å². The summed E-state index contributed by atoms with van der Waals surface area (Å²) in [4.78, 5) is 10.1. The Balaban J connectivity index is 0.000000181. The zero-order chi connectivity index (χ0) is 23.2. The normalized spacial score (nSPS) is 11.3. The summed E-state index contributed by atoms with van der Waals surface area (Å²) in [6.45, 7) is 0. The van der Waals surface area contributed by atoms with Crippen LogP contribution in [0.4, 0.5) is 0 Å². The molecule has 12 nitrogen and oxygen atoms in total. The minimum atomic E-state index is -4.60. The van der Waals surface area contributed by atoms with Gasteiger partial charge in [-0.25, -0.2) is 0 Å². The van der Waals surface area contributed by atoms with Gasteiger partial charge in [0.1, 0.15) is 12.0 Å². The van der Waals surface area contributed by atoms with Gasteiger partial charge >= 0.3 is 32.9 Å². The van der Waals surface area contributed by atoms with Crippen molar-refractivity contribution in [3.63, 3.8) is 0 Å². The van der Waals surface area contributed by atoms with E-state index < -0.39 is 26.9 Å². The summed E-state index contributed by atoms with van der Waals surface area (Å²) in [7, 11) is -9.14. The maximum Gasteiger partial charge on any atom is 0.450 e. The number of benzene rings is 2. The topological polar surface area (TPSA) is 182 Å². The van der Waals surface area contributed by atoms with Crippen molar-refractivity contribution in [3.8, 4) is 34.6 Å². The second kappa shape index (κ2) is 9.61. The van der Waals surface area contributed by atoms with E-state index in [0.717, 1.165) is 11.1 Å². The number of rotatable bonds is 6. The zero-order valence-corrected chi connectivity index (χ0v) is 17.5. The lowest BCUT2D eigenvalue weighted by Crippen LogP contribution is -2.07. The molecular weight excluding hydrogens is 466 g/mol. The van der Waals surface area contributed by atoms with Gasteiger partial charge in [0.15, 0.2) is 0 Å². The highest BCUT2D eigenvalue weighted by Gasteiger charge is 2.14. The number of nitrogens with one attached hydrogen (secondary N) is 1. The van der Waals surface area contributed by atoms with Gasteiger partial charge in [0.25, 0.3) is 0 Å². The molecule has 4 rings (SSSR count). The molecule has 0 fully saturated rings. The molecule has 0 aliphatic rings. The van der Waals surface area contributed by atoms with Gasteiger partial charge in [-0.2, -0.15) is 26.8 Å². The predicted octanol–water partition coefficient (Wildman–Crippen LogP) is 2.78. The predicted molar refractivity (Wildman–Crippen MR) is 110 cm³/mol. The molecule has 0 spiro atoms. The van der Waals surface area contributed by atoms with Crippen LogP contribution in [-0.4, -0.2) is 40.9 Å². The maximum atomic E-state index is 10.4. The Labute approximate surface area is 182 Å². The van der Waals surface area contributed by atoms with Gasteiger partial charge in [0.05, 0.1) is 5.69 Å². The fourth-order valence-corrected chi connectivity index (χ4v) is 2.87. The molecule has 2 aromatic heterocycles. The van der Waals surface area contributed by atoms with Crippen molar-refractivity contribution < 1.29 is 38.7 Å². The number of hydrogen-bond acceptors (Lipinski definition) is 9. The second-order valence-corrected chi connectivity index (χ2v) is 7.89. The molecule has 0 aliphatic heterocycles. The van der Waals surface area contributed by atoms with Crippen molar-refractivity contribution in [3.05, 3.63) is 73.1 Å². The molecule has 0 saturated carbocycles. The van der Waals surface area contributed by atoms with E-state index >= 15 is 0 Å². The maximum absolute atomic E-state index is 10.4. The van der Waals surface area contributed by atoms with Gasteiger partial charge in [-0.05, 0) is 0 Å². The fraction of sp³-hybridized carbons (Fsp3) is 0. The van der Waals surface area contributed by atoms with Crippen LogP contribution in [-0.2, 0) is 20.8 Å². The number of H-pyrrole nitrogens is 1. The summed E-state index contributed by atoms with van der Waals surface area (Å²) in [5.74, 6) is 0. The third-order valence-electron chi connectivity index (χ3n) is 3.54. The molecule has 0 amide bonds. The molecule has 2 heterocycles. The van der Waals surface area contributed by atoms with Crippen LogP contribution >= 0.6 is 0 Å². The first-order valence-corrected chi connectivity index (χ1v) is 11.3. The fourth-order valence-electron chi connectivity index (χ4n) is 2.33. The smallest absolute Gasteiger partial charge is 0.416 e. The summed E-state index contributed by atoms with van der Waals surface area (Å²) in [6, 6.07) is 17.8. The minimum absolute atomic E-state index is 0.277. The van der Waals surface area contributed by atoms with E-state index in [-0.39, 0.29) is 6.01 Å². The van der Waals surface area contributed by atoms with E-state index in [4.69, 9.17) is 13.5 Å². The van der Waals surface area contributed by atoms with E-state index in [1.54, 1.807) is 24.3 Å². The van der Waals surface area contributed by atoms with Crippen molar-refractivity contribution in [1.29, 1.82) is 0 Å². The summed E-state index contributed by atoms with van der Waals surface area (Å²) >= 11 is 0. The number of imidazole rings is 1. The molecule has 2 aromatic carbocycles. The Hall–Kier alpha value is -3.72. The molecule has 0 unspecified atom stereocenters. The van der Waals surface area contributed by atoms with E-state index in [0.29, 0.717) is 11.4 Å². The molecule has 0 saturated heterocycles. The molecule has 14 heteroatoms. The Kier molecular flexibility index (Phi) is 6.89. The van der Waals surface area contributed by atoms with Gasteiger partial charge in [-0.15, -0.1) is 0 Å². The molecule has 0 radical (unpaired) electrons. The minimum Gasteiger partial charge on any atom is -0.416 e. The molecule has 0 atom stereocenters. The molecule has 168 valence electrons. The highest BCUT2D eigenvalue weighted by molar-refractivity contribution is 7.81. The number of hydrogen-bond donors (Lipinski definition) is 3. The molecular formula is C18H15N3O9S2. The van der Waals surface area contributed by atoms with Crippen molar-refractivity contribution >= 4 is 20.8 Å². The van der Waals surface area contributed by atoms with Crippen molar-refractivity contribution in [2.45, 2.75) is 0 Å². The third kappa shape index (κ3) is 7.21. The van der Waals surface area contributed by atoms with Crippen LogP contribution in [0.5, 0.6) is 12.1 Å². The molecule has 0 bridgehead atoms. The van der Waals surface area contributed by atoms with Gasteiger partial charge in [0, 0.05) is 17.3 Å². The van der Waals surface area contributed by atoms with Crippen LogP contribution in [0, 0.1) is 0 Å². The Morgan fingerprint density at radius 2 is 1.28 bits per heavy atom. The highest BCUT2D eigenvalue weighted by Crippen LogP contribution is 2.22. The van der Waals surface area contributed by atoms with Crippen LogP contribution in [0.3, 0.4) is 0 Å². The van der Waals surface area contributed by atoms with Crippen LogP contribution in [0.15, 0.2) is 77.5 Å². The van der Waals surface area contributed by atoms with Crippen molar-refractivity contribution in [1.82, 2.24) is 15.0 Å².